The van der Waals surface area contributed by atoms with Crippen molar-refractivity contribution in [3.63, 3.8) is 0 Å². The molecule has 4 atom stereocenters. The number of ketones is 1. The van der Waals surface area contributed by atoms with Crippen molar-refractivity contribution in [1.29, 1.82) is 0 Å². The largest absolute Gasteiger partial charge is 0.511 e. The summed E-state index contributed by atoms with van der Waals surface area (Å²) in [6.07, 6.45) is 2.52. The van der Waals surface area contributed by atoms with E-state index in [9.17, 15) is 9.90 Å². The van der Waals surface area contributed by atoms with Crippen LogP contribution in [0.25, 0.3) is 16.7 Å². The fourth-order valence-corrected chi connectivity index (χ4v) is 6.42. The molecule has 3 heterocycles. The highest BCUT2D eigenvalue weighted by molar-refractivity contribution is 7.20. The molecule has 2 aromatic rings. The summed E-state index contributed by atoms with van der Waals surface area (Å²) >= 11 is 13.8. The van der Waals surface area contributed by atoms with Gasteiger partial charge in [0.25, 0.3) is 0 Å². The molecule has 1 aromatic carbocycles. The van der Waals surface area contributed by atoms with Crippen LogP contribution in [-0.2, 0) is 16.0 Å². The predicted octanol–water partition coefficient (Wildman–Crippen LogP) is 5.93. The second-order valence-electron chi connectivity index (χ2n) is 7.43. The Balaban J connectivity index is 1.65. The van der Waals surface area contributed by atoms with Crippen molar-refractivity contribution in [2.75, 3.05) is 0 Å². The molecule has 1 N–H and O–H groups in total. The number of thiophene rings is 1. The molecule has 1 aromatic heterocycles. The number of ether oxygens (including phenoxy) is 1. The van der Waals surface area contributed by atoms with Crippen molar-refractivity contribution in [2.45, 2.75) is 38.4 Å². The zero-order valence-corrected chi connectivity index (χ0v) is 17.0. The fourth-order valence-electron chi connectivity index (χ4n) is 4.91. The first-order valence-electron chi connectivity index (χ1n) is 9.21. The summed E-state index contributed by atoms with van der Waals surface area (Å²) in [6, 6.07) is 7.82. The van der Waals surface area contributed by atoms with Gasteiger partial charge in [0, 0.05) is 5.56 Å². The lowest BCUT2D eigenvalue weighted by atomic mass is 9.80. The molecule has 140 valence electrons. The quantitative estimate of drug-likeness (QED) is 0.668. The summed E-state index contributed by atoms with van der Waals surface area (Å²) in [5, 5.41) is 11.0. The van der Waals surface area contributed by atoms with Crippen LogP contribution in [0.2, 0.25) is 8.67 Å². The van der Waals surface area contributed by atoms with Crippen LogP contribution >= 0.6 is 34.5 Å². The van der Waals surface area contributed by atoms with E-state index in [-0.39, 0.29) is 35.6 Å². The molecule has 0 amide bonds. The highest BCUT2D eigenvalue weighted by atomic mass is 35.5. The number of allylic oxidation sites excluding steroid dienone is 1. The van der Waals surface area contributed by atoms with Gasteiger partial charge in [-0.15, -0.1) is 11.3 Å². The molecule has 2 aliphatic heterocycles. The zero-order valence-electron chi connectivity index (χ0n) is 14.7. The Morgan fingerprint density at radius 3 is 2.52 bits per heavy atom. The van der Waals surface area contributed by atoms with Crippen LogP contribution in [0.5, 0.6) is 0 Å². The highest BCUT2D eigenvalue weighted by Crippen LogP contribution is 2.54. The highest BCUT2D eigenvalue weighted by Gasteiger charge is 2.59. The fraction of sp³-hybridized carbons (Fsp3) is 0.381. The van der Waals surface area contributed by atoms with Crippen LogP contribution < -0.4 is 0 Å². The zero-order chi connectivity index (χ0) is 18.9. The van der Waals surface area contributed by atoms with Crippen molar-refractivity contribution < 1.29 is 14.6 Å². The van der Waals surface area contributed by atoms with Crippen LogP contribution in [0, 0.1) is 11.8 Å². The Morgan fingerprint density at radius 2 is 1.89 bits per heavy atom. The summed E-state index contributed by atoms with van der Waals surface area (Å²) in [5.41, 5.74) is 4.08. The minimum Gasteiger partial charge on any atom is -0.511 e. The lowest BCUT2D eigenvalue weighted by Gasteiger charge is -2.19. The van der Waals surface area contributed by atoms with E-state index in [1.807, 2.05) is 24.3 Å². The van der Waals surface area contributed by atoms with Crippen molar-refractivity contribution in [3.05, 3.63) is 49.8 Å². The number of aliphatic hydroxyl groups is 1. The lowest BCUT2D eigenvalue weighted by Crippen LogP contribution is -2.29. The first-order chi connectivity index (χ1) is 13.0. The van der Waals surface area contributed by atoms with Crippen molar-refractivity contribution >= 4 is 45.9 Å². The smallest absolute Gasteiger partial charge is 0.173 e. The van der Waals surface area contributed by atoms with Crippen molar-refractivity contribution in [2.24, 2.45) is 11.8 Å². The van der Waals surface area contributed by atoms with Gasteiger partial charge in [0.2, 0.25) is 0 Å². The third-order valence-corrected chi connectivity index (χ3v) is 7.61. The summed E-state index contributed by atoms with van der Waals surface area (Å²) in [4.78, 5) is 13.2. The molecular formula is C21H18Cl2O3S. The van der Waals surface area contributed by atoms with E-state index >= 15 is 0 Å². The van der Waals surface area contributed by atoms with Crippen LogP contribution in [0.3, 0.4) is 0 Å². The Labute approximate surface area is 171 Å². The SMILES string of the molecule is CCc1ccc(-c2cc(Cl)sc2Cl)cc1C1=C(O)[C@H]2[C@@H](C1=O)[C@@H]1CC[C@H]2O1. The molecule has 2 saturated heterocycles. The maximum absolute atomic E-state index is 13.2. The third-order valence-electron chi connectivity index (χ3n) is 6.12. The molecule has 0 saturated carbocycles. The Bertz CT molecular complexity index is 993. The predicted molar refractivity (Wildman–Crippen MR) is 109 cm³/mol. The average molecular weight is 421 g/mol. The molecule has 27 heavy (non-hydrogen) atoms. The molecule has 1 aliphatic carbocycles. The second-order valence-corrected chi connectivity index (χ2v) is 9.72. The maximum Gasteiger partial charge on any atom is 0.173 e. The molecule has 3 aliphatic rings. The number of aliphatic hydroxyl groups excluding tert-OH is 1. The number of carbonyl (C=O) groups is 1. The normalized spacial score (nSPS) is 29.1. The van der Waals surface area contributed by atoms with Gasteiger partial charge in [0.15, 0.2) is 5.78 Å². The molecule has 0 radical (unpaired) electrons. The van der Waals surface area contributed by atoms with Gasteiger partial charge in [-0.05, 0) is 48.1 Å². The molecule has 0 spiro atoms. The van der Waals surface area contributed by atoms with E-state index in [2.05, 4.69) is 6.92 Å². The third kappa shape index (κ3) is 2.54. The number of fused-ring (bicyclic) bond motifs is 5. The standard InChI is InChI=1S/C21H18Cl2O3S/c1-2-9-3-4-10(12-8-15(22)27-21(12)23)7-11(9)16-19(24)17-13-5-6-14(26-13)18(17)20(16)25/h3-4,7-8,13-14,17-18,24H,2,5-6H2,1H3/t13-,14+,17-,18+/m1/s1. The average Bonchev–Trinajstić information content (AvgIpc) is 3.39. The Kier molecular flexibility index (Phi) is 4.17. The number of hydrogen-bond acceptors (Lipinski definition) is 4. The Morgan fingerprint density at radius 1 is 1.15 bits per heavy atom. The number of halogens is 2. The van der Waals surface area contributed by atoms with Gasteiger partial charge >= 0.3 is 0 Å². The van der Waals surface area contributed by atoms with E-state index < -0.39 is 0 Å². The molecular weight excluding hydrogens is 403 g/mol. The minimum absolute atomic E-state index is 0.0194. The number of rotatable bonds is 3. The van der Waals surface area contributed by atoms with E-state index in [0.717, 1.165) is 41.5 Å². The summed E-state index contributed by atoms with van der Waals surface area (Å²) in [6.45, 7) is 2.05. The minimum atomic E-state index is -0.230. The van der Waals surface area contributed by atoms with Crippen LogP contribution in [0.1, 0.15) is 30.9 Å². The Hall–Kier alpha value is -1.33. The first kappa shape index (κ1) is 17.7. The van der Waals surface area contributed by atoms with Gasteiger partial charge in [-0.1, -0.05) is 42.3 Å². The molecule has 3 nitrogen and oxygen atoms in total. The topological polar surface area (TPSA) is 46.5 Å². The number of aryl methyl sites for hydroxylation is 1. The molecule has 2 fully saturated rings. The first-order valence-corrected chi connectivity index (χ1v) is 10.8. The number of carbonyl (C=O) groups excluding carboxylic acids is 1. The summed E-state index contributed by atoms with van der Waals surface area (Å²) in [7, 11) is 0. The van der Waals surface area contributed by atoms with Crippen molar-refractivity contribution in [1.82, 2.24) is 0 Å². The molecule has 5 rings (SSSR count). The second kappa shape index (κ2) is 6.35. The molecule has 0 unspecified atom stereocenters. The number of hydrogen-bond donors (Lipinski definition) is 1. The van der Waals surface area contributed by atoms with Gasteiger partial charge in [0.1, 0.15) is 10.1 Å². The summed E-state index contributed by atoms with van der Waals surface area (Å²) < 4.78 is 7.13. The lowest BCUT2D eigenvalue weighted by molar-refractivity contribution is -0.118. The van der Waals surface area contributed by atoms with Crippen molar-refractivity contribution in [3.8, 4) is 11.1 Å². The van der Waals surface area contributed by atoms with Gasteiger partial charge in [-0.25, -0.2) is 0 Å². The van der Waals surface area contributed by atoms with Gasteiger partial charge in [-0.2, -0.15) is 0 Å². The van der Waals surface area contributed by atoms with E-state index in [4.69, 9.17) is 27.9 Å². The number of benzene rings is 1. The van der Waals surface area contributed by atoms with E-state index in [0.29, 0.717) is 14.2 Å². The van der Waals surface area contributed by atoms with Crippen LogP contribution in [-0.4, -0.2) is 23.1 Å². The van der Waals surface area contributed by atoms with E-state index in [1.165, 1.54) is 11.3 Å². The van der Waals surface area contributed by atoms with Crippen LogP contribution in [0.15, 0.2) is 30.0 Å². The van der Waals surface area contributed by atoms with Crippen LogP contribution in [0.4, 0.5) is 0 Å². The van der Waals surface area contributed by atoms with Gasteiger partial charge < -0.3 is 9.84 Å². The van der Waals surface area contributed by atoms with E-state index in [1.54, 1.807) is 0 Å². The monoisotopic (exact) mass is 420 g/mol. The van der Waals surface area contributed by atoms with Gasteiger partial charge in [-0.3, -0.25) is 4.79 Å². The molecule has 2 bridgehead atoms. The summed E-state index contributed by atoms with van der Waals surface area (Å²) in [5.74, 6) is -0.186. The molecule has 6 heteroatoms. The van der Waals surface area contributed by atoms with Gasteiger partial charge in [0.05, 0.1) is 34.0 Å². The maximum atomic E-state index is 13.2. The number of Topliss-reactive ketones (excluding diaryl/α,β-unsaturated/α-hetero) is 1.